The maximum absolute atomic E-state index is 12.2. The van der Waals surface area contributed by atoms with Crippen molar-refractivity contribution in [1.82, 2.24) is 0 Å². The third-order valence-corrected chi connectivity index (χ3v) is 4.41. The van der Waals surface area contributed by atoms with E-state index >= 15 is 0 Å². The predicted molar refractivity (Wildman–Crippen MR) is 111 cm³/mol. The van der Waals surface area contributed by atoms with E-state index in [9.17, 15) is 14.4 Å². The maximum atomic E-state index is 12.2. The second kappa shape index (κ2) is 9.37. The summed E-state index contributed by atoms with van der Waals surface area (Å²) in [4.78, 5) is 36.1. The zero-order valence-electron chi connectivity index (χ0n) is 17.5. The smallest absolute Gasteiger partial charge is 0.344 e. The molecule has 0 aromatic heterocycles. The zero-order valence-corrected chi connectivity index (χ0v) is 17.5. The van der Waals surface area contributed by atoms with Gasteiger partial charge in [-0.05, 0) is 55.3 Å². The van der Waals surface area contributed by atoms with Crippen LogP contribution in [-0.4, -0.2) is 30.9 Å². The lowest BCUT2D eigenvalue weighted by Gasteiger charge is -2.17. The molecular formula is C23H27NO5. The molecule has 0 radical (unpaired) electrons. The molecule has 0 atom stereocenters. The van der Waals surface area contributed by atoms with Crippen LogP contribution in [0.1, 0.15) is 42.3 Å². The van der Waals surface area contributed by atoms with Crippen molar-refractivity contribution in [3.8, 4) is 5.75 Å². The summed E-state index contributed by atoms with van der Waals surface area (Å²) in [6, 6.07) is 12.0. The van der Waals surface area contributed by atoms with Crippen molar-refractivity contribution in [2.75, 3.05) is 18.5 Å². The van der Waals surface area contributed by atoms with Gasteiger partial charge in [0.2, 0.25) is 5.91 Å². The molecule has 0 unspecified atom stereocenters. The molecule has 0 aliphatic rings. The lowest BCUT2D eigenvalue weighted by Crippen LogP contribution is -2.27. The van der Waals surface area contributed by atoms with Crippen LogP contribution in [0.4, 0.5) is 5.69 Å². The Labute approximate surface area is 171 Å². The molecule has 2 aromatic rings. The highest BCUT2D eigenvalue weighted by Gasteiger charge is 2.21. The molecule has 1 amide bonds. The molecule has 1 N–H and O–H groups in total. The van der Waals surface area contributed by atoms with E-state index < -0.39 is 11.4 Å². The lowest BCUT2D eigenvalue weighted by molar-refractivity contribution is -0.144. The number of esters is 1. The first-order valence-corrected chi connectivity index (χ1v) is 9.37. The van der Waals surface area contributed by atoms with Crippen molar-refractivity contribution in [3.63, 3.8) is 0 Å². The highest BCUT2D eigenvalue weighted by Crippen LogP contribution is 2.20. The average Bonchev–Trinajstić information content (AvgIpc) is 2.67. The normalized spacial score (nSPS) is 10.9. The molecule has 154 valence electrons. The number of carbonyl (C=O) groups is 3. The van der Waals surface area contributed by atoms with Crippen LogP contribution in [-0.2, 0) is 14.3 Å². The molecule has 0 spiro atoms. The van der Waals surface area contributed by atoms with Crippen LogP contribution >= 0.6 is 0 Å². The first-order chi connectivity index (χ1) is 13.6. The Morgan fingerprint density at radius 1 is 0.931 bits per heavy atom. The van der Waals surface area contributed by atoms with E-state index in [0.29, 0.717) is 17.0 Å². The first-order valence-electron chi connectivity index (χ1n) is 9.37. The SMILES string of the molecule is Cc1cccc(OCC(=O)OCC(=O)c2ccc(NC(=O)C(C)(C)C)cc2)c1C. The Balaban J connectivity index is 1.83. The molecule has 0 bridgehead atoms. The minimum atomic E-state index is -0.617. The number of Topliss-reactive ketones (excluding diaryl/α,β-unsaturated/α-hetero) is 1. The standard InChI is InChI=1S/C23H27NO5/c1-15-7-6-8-20(16(15)2)28-14-21(26)29-13-19(25)17-9-11-18(12-10-17)24-22(27)23(3,4)5/h6-12H,13-14H2,1-5H3,(H,24,27). The number of aryl methyl sites for hydroxylation is 1. The van der Waals surface area contributed by atoms with Gasteiger partial charge in [0.25, 0.3) is 0 Å². The third-order valence-electron chi connectivity index (χ3n) is 4.41. The van der Waals surface area contributed by atoms with Crippen molar-refractivity contribution >= 4 is 23.3 Å². The van der Waals surface area contributed by atoms with Gasteiger partial charge < -0.3 is 14.8 Å². The Morgan fingerprint density at radius 3 is 2.21 bits per heavy atom. The molecule has 0 aliphatic carbocycles. The fourth-order valence-corrected chi connectivity index (χ4v) is 2.35. The van der Waals surface area contributed by atoms with Crippen LogP contribution in [0.25, 0.3) is 0 Å². The van der Waals surface area contributed by atoms with E-state index in [-0.39, 0.29) is 24.9 Å². The van der Waals surface area contributed by atoms with Crippen LogP contribution in [0.2, 0.25) is 0 Å². The fraction of sp³-hybridized carbons (Fsp3) is 0.348. The zero-order chi connectivity index (χ0) is 21.6. The minimum absolute atomic E-state index is 0.116. The van der Waals surface area contributed by atoms with E-state index in [2.05, 4.69) is 5.32 Å². The summed E-state index contributed by atoms with van der Waals surface area (Å²) < 4.78 is 10.5. The van der Waals surface area contributed by atoms with Crippen molar-refractivity contribution in [2.45, 2.75) is 34.6 Å². The van der Waals surface area contributed by atoms with Crippen molar-refractivity contribution in [2.24, 2.45) is 5.41 Å². The van der Waals surface area contributed by atoms with Crippen LogP contribution < -0.4 is 10.1 Å². The number of nitrogens with one attached hydrogen (secondary N) is 1. The topological polar surface area (TPSA) is 81.7 Å². The Kier molecular flexibility index (Phi) is 7.15. The van der Waals surface area contributed by atoms with Crippen LogP contribution in [0, 0.1) is 19.3 Å². The van der Waals surface area contributed by atoms with E-state index in [1.54, 1.807) is 30.3 Å². The van der Waals surface area contributed by atoms with Crippen LogP contribution in [0.15, 0.2) is 42.5 Å². The molecule has 2 rings (SSSR count). The van der Waals surface area contributed by atoms with Gasteiger partial charge in [-0.25, -0.2) is 4.79 Å². The number of amides is 1. The van der Waals surface area contributed by atoms with Gasteiger partial charge >= 0.3 is 5.97 Å². The van der Waals surface area contributed by atoms with Gasteiger partial charge in [0, 0.05) is 16.7 Å². The number of rotatable bonds is 7. The number of ether oxygens (including phenoxy) is 2. The molecule has 0 fully saturated rings. The summed E-state index contributed by atoms with van der Waals surface area (Å²) in [6.45, 7) is 8.68. The molecular weight excluding hydrogens is 370 g/mol. The van der Waals surface area contributed by atoms with Crippen molar-refractivity contribution in [1.29, 1.82) is 0 Å². The number of anilines is 1. The summed E-state index contributed by atoms with van der Waals surface area (Å²) in [6.07, 6.45) is 0. The second-order valence-electron chi connectivity index (χ2n) is 7.85. The number of hydrogen-bond donors (Lipinski definition) is 1. The van der Waals surface area contributed by atoms with Gasteiger partial charge in [-0.2, -0.15) is 0 Å². The third kappa shape index (κ3) is 6.45. The van der Waals surface area contributed by atoms with E-state index in [0.717, 1.165) is 11.1 Å². The van der Waals surface area contributed by atoms with Gasteiger partial charge in [0.05, 0.1) is 0 Å². The number of ketones is 1. The Bertz CT molecular complexity index is 894. The summed E-state index contributed by atoms with van der Waals surface area (Å²) in [7, 11) is 0. The quantitative estimate of drug-likeness (QED) is 0.562. The second-order valence-corrected chi connectivity index (χ2v) is 7.85. The molecule has 29 heavy (non-hydrogen) atoms. The van der Waals surface area contributed by atoms with Crippen molar-refractivity contribution < 1.29 is 23.9 Å². The molecule has 0 aliphatic heterocycles. The Hall–Kier alpha value is -3.15. The highest BCUT2D eigenvalue weighted by molar-refractivity contribution is 5.99. The number of benzene rings is 2. The number of hydrogen-bond acceptors (Lipinski definition) is 5. The van der Waals surface area contributed by atoms with Crippen LogP contribution in [0.5, 0.6) is 5.75 Å². The lowest BCUT2D eigenvalue weighted by atomic mass is 9.95. The maximum Gasteiger partial charge on any atom is 0.344 e. The van der Waals surface area contributed by atoms with E-state index in [1.165, 1.54) is 0 Å². The van der Waals surface area contributed by atoms with Gasteiger partial charge in [-0.1, -0.05) is 32.9 Å². The first kappa shape index (κ1) is 22.1. The van der Waals surface area contributed by atoms with Gasteiger partial charge in [0.1, 0.15) is 5.75 Å². The predicted octanol–water partition coefficient (Wildman–Crippen LogP) is 4.09. The summed E-state index contributed by atoms with van der Waals surface area (Å²) in [5.41, 5.74) is 2.49. The summed E-state index contributed by atoms with van der Waals surface area (Å²) in [5.74, 6) is -0.456. The summed E-state index contributed by atoms with van der Waals surface area (Å²) >= 11 is 0. The average molecular weight is 397 g/mol. The molecule has 2 aromatic carbocycles. The largest absolute Gasteiger partial charge is 0.482 e. The van der Waals surface area contributed by atoms with Gasteiger partial charge in [-0.3, -0.25) is 9.59 Å². The fourth-order valence-electron chi connectivity index (χ4n) is 2.35. The van der Waals surface area contributed by atoms with Crippen molar-refractivity contribution in [3.05, 3.63) is 59.2 Å². The summed E-state index contributed by atoms with van der Waals surface area (Å²) in [5, 5.41) is 2.79. The van der Waals surface area contributed by atoms with Crippen LogP contribution in [0.3, 0.4) is 0 Å². The van der Waals surface area contributed by atoms with Gasteiger partial charge in [0.15, 0.2) is 19.0 Å². The molecule has 0 heterocycles. The monoisotopic (exact) mass is 397 g/mol. The molecule has 0 saturated heterocycles. The van der Waals surface area contributed by atoms with E-state index in [1.807, 2.05) is 46.8 Å². The van der Waals surface area contributed by atoms with E-state index in [4.69, 9.17) is 9.47 Å². The molecule has 6 nitrogen and oxygen atoms in total. The highest BCUT2D eigenvalue weighted by atomic mass is 16.6. The minimum Gasteiger partial charge on any atom is -0.482 e. The molecule has 0 saturated carbocycles. The molecule has 6 heteroatoms. The number of carbonyl (C=O) groups excluding carboxylic acids is 3. The van der Waals surface area contributed by atoms with Gasteiger partial charge in [-0.15, -0.1) is 0 Å². The Morgan fingerprint density at radius 2 is 1.59 bits per heavy atom.